The molecule has 0 saturated carbocycles. The fourth-order valence-corrected chi connectivity index (χ4v) is 1.38. The Bertz CT molecular complexity index is 330. The van der Waals surface area contributed by atoms with Crippen molar-refractivity contribution in [3.8, 4) is 0 Å². The fraction of sp³-hybridized carbons (Fsp3) is 0.500. The van der Waals surface area contributed by atoms with Gasteiger partial charge in [-0.1, -0.05) is 5.57 Å². The first-order valence-electron chi connectivity index (χ1n) is 5.55. The van der Waals surface area contributed by atoms with Gasteiger partial charge < -0.3 is 9.88 Å². The Hall–Kier alpha value is -1.58. The third kappa shape index (κ3) is 5.34. The molecule has 0 spiro atoms. The van der Waals surface area contributed by atoms with E-state index in [1.807, 2.05) is 17.7 Å². The van der Waals surface area contributed by atoms with Crippen molar-refractivity contribution in [2.75, 3.05) is 6.54 Å². The van der Waals surface area contributed by atoms with E-state index in [1.54, 1.807) is 12.5 Å². The zero-order chi connectivity index (χ0) is 11.8. The van der Waals surface area contributed by atoms with E-state index in [1.165, 1.54) is 0 Å². The summed E-state index contributed by atoms with van der Waals surface area (Å²) in [6.45, 7) is 7.21. The molecule has 88 valence electrons. The Morgan fingerprint density at radius 3 is 2.94 bits per heavy atom. The summed E-state index contributed by atoms with van der Waals surface area (Å²) < 4.78 is 1.94. The van der Waals surface area contributed by atoms with E-state index >= 15 is 0 Å². The predicted octanol–water partition coefficient (Wildman–Crippen LogP) is 1.75. The lowest BCUT2D eigenvalue weighted by Crippen LogP contribution is -2.26. The van der Waals surface area contributed by atoms with E-state index in [-0.39, 0.29) is 5.91 Å². The number of nitrogens with one attached hydrogen (secondary N) is 1. The minimum atomic E-state index is 0.112. The van der Waals surface area contributed by atoms with Crippen molar-refractivity contribution in [3.05, 3.63) is 30.9 Å². The van der Waals surface area contributed by atoms with Gasteiger partial charge in [-0.2, -0.15) is 0 Å². The maximum atomic E-state index is 11.4. The number of imidazole rings is 1. The Morgan fingerprint density at radius 1 is 1.50 bits per heavy atom. The van der Waals surface area contributed by atoms with Crippen molar-refractivity contribution in [1.29, 1.82) is 0 Å². The largest absolute Gasteiger partial charge is 0.354 e. The van der Waals surface area contributed by atoms with Crippen LogP contribution in [0.5, 0.6) is 0 Å². The molecule has 0 aliphatic carbocycles. The van der Waals surface area contributed by atoms with Gasteiger partial charge in [0.1, 0.15) is 0 Å². The summed E-state index contributed by atoms with van der Waals surface area (Å²) in [5.41, 5.74) is 1.13. The molecule has 0 aliphatic heterocycles. The summed E-state index contributed by atoms with van der Waals surface area (Å²) in [6.07, 6.45) is 7.74. The lowest BCUT2D eigenvalue weighted by Gasteiger charge is -2.05. The molecule has 0 aromatic carbocycles. The first-order valence-corrected chi connectivity index (χ1v) is 5.55. The second kappa shape index (κ2) is 6.82. The number of carbonyl (C=O) groups excluding carboxylic acids is 1. The van der Waals surface area contributed by atoms with Crippen molar-refractivity contribution in [3.63, 3.8) is 0 Å². The van der Waals surface area contributed by atoms with E-state index < -0.39 is 0 Å². The first-order chi connectivity index (χ1) is 7.68. The van der Waals surface area contributed by atoms with Crippen molar-refractivity contribution in [2.45, 2.75) is 32.7 Å². The third-order valence-electron chi connectivity index (χ3n) is 2.26. The molecule has 0 bridgehead atoms. The number of allylic oxidation sites excluding steroid dienone is 1. The number of hydrogen-bond acceptors (Lipinski definition) is 2. The van der Waals surface area contributed by atoms with E-state index in [9.17, 15) is 4.79 Å². The van der Waals surface area contributed by atoms with Crippen LogP contribution in [0.3, 0.4) is 0 Å². The number of nitrogens with zero attached hydrogens (tertiary/aromatic N) is 2. The second-order valence-corrected chi connectivity index (χ2v) is 3.96. The van der Waals surface area contributed by atoms with Crippen molar-refractivity contribution in [1.82, 2.24) is 14.9 Å². The molecule has 0 radical (unpaired) electrons. The fourth-order valence-electron chi connectivity index (χ4n) is 1.38. The topological polar surface area (TPSA) is 46.9 Å². The highest BCUT2D eigenvalue weighted by Crippen LogP contribution is 2.03. The molecule has 1 aromatic rings. The monoisotopic (exact) mass is 221 g/mol. The molecule has 1 N–H and O–H groups in total. The van der Waals surface area contributed by atoms with E-state index in [0.717, 1.165) is 25.0 Å². The summed E-state index contributed by atoms with van der Waals surface area (Å²) >= 11 is 0. The van der Waals surface area contributed by atoms with Gasteiger partial charge in [0, 0.05) is 31.9 Å². The summed E-state index contributed by atoms with van der Waals surface area (Å²) in [4.78, 5) is 15.3. The summed E-state index contributed by atoms with van der Waals surface area (Å²) in [7, 11) is 0. The van der Waals surface area contributed by atoms with Crippen LogP contribution in [0, 0.1) is 0 Å². The zero-order valence-corrected chi connectivity index (χ0v) is 9.78. The van der Waals surface area contributed by atoms with Crippen LogP contribution in [0.25, 0.3) is 0 Å². The molecule has 4 heteroatoms. The van der Waals surface area contributed by atoms with Gasteiger partial charge in [0.05, 0.1) is 6.33 Å². The van der Waals surface area contributed by atoms with Gasteiger partial charge in [-0.25, -0.2) is 4.98 Å². The molecule has 1 aromatic heterocycles. The lowest BCUT2D eigenvalue weighted by molar-refractivity contribution is -0.121. The molecule has 16 heavy (non-hydrogen) atoms. The van der Waals surface area contributed by atoms with E-state index in [4.69, 9.17) is 0 Å². The van der Waals surface area contributed by atoms with Crippen LogP contribution in [0.1, 0.15) is 26.2 Å². The number of hydrogen-bond donors (Lipinski definition) is 1. The van der Waals surface area contributed by atoms with Gasteiger partial charge in [0.15, 0.2) is 0 Å². The number of aromatic nitrogens is 2. The van der Waals surface area contributed by atoms with Crippen LogP contribution in [0.4, 0.5) is 0 Å². The molecule has 1 rings (SSSR count). The van der Waals surface area contributed by atoms with Gasteiger partial charge in [0.25, 0.3) is 0 Å². The van der Waals surface area contributed by atoms with E-state index in [0.29, 0.717) is 13.0 Å². The zero-order valence-electron chi connectivity index (χ0n) is 9.78. The molecule has 4 nitrogen and oxygen atoms in total. The van der Waals surface area contributed by atoms with Crippen LogP contribution in [0.15, 0.2) is 30.9 Å². The SMILES string of the molecule is C=C(C)CCCC(=O)NCCn1ccnc1. The lowest BCUT2D eigenvalue weighted by atomic mass is 10.1. The van der Waals surface area contributed by atoms with Crippen LogP contribution in [0.2, 0.25) is 0 Å². The quantitative estimate of drug-likeness (QED) is 0.713. The molecular weight excluding hydrogens is 202 g/mol. The van der Waals surface area contributed by atoms with Gasteiger partial charge in [0.2, 0.25) is 5.91 Å². The highest BCUT2D eigenvalue weighted by molar-refractivity contribution is 5.75. The van der Waals surface area contributed by atoms with Crippen molar-refractivity contribution in [2.24, 2.45) is 0 Å². The molecule has 1 amide bonds. The Morgan fingerprint density at radius 2 is 2.31 bits per heavy atom. The van der Waals surface area contributed by atoms with Crippen LogP contribution in [-0.4, -0.2) is 22.0 Å². The smallest absolute Gasteiger partial charge is 0.220 e. The normalized spacial score (nSPS) is 10.1. The average molecular weight is 221 g/mol. The third-order valence-corrected chi connectivity index (χ3v) is 2.26. The molecule has 0 fully saturated rings. The predicted molar refractivity (Wildman–Crippen MR) is 63.9 cm³/mol. The number of amides is 1. The van der Waals surface area contributed by atoms with Gasteiger partial charge in [-0.3, -0.25) is 4.79 Å². The minimum absolute atomic E-state index is 0.112. The second-order valence-electron chi connectivity index (χ2n) is 3.96. The maximum absolute atomic E-state index is 11.4. The van der Waals surface area contributed by atoms with E-state index in [2.05, 4.69) is 16.9 Å². The maximum Gasteiger partial charge on any atom is 0.220 e. The summed E-state index contributed by atoms with van der Waals surface area (Å²) in [5, 5.41) is 2.88. The Labute approximate surface area is 96.4 Å². The van der Waals surface area contributed by atoms with Crippen LogP contribution < -0.4 is 5.32 Å². The minimum Gasteiger partial charge on any atom is -0.354 e. The Balaban J connectivity index is 2.04. The number of rotatable bonds is 7. The highest BCUT2D eigenvalue weighted by Gasteiger charge is 2.00. The molecule has 0 atom stereocenters. The van der Waals surface area contributed by atoms with Crippen LogP contribution >= 0.6 is 0 Å². The average Bonchev–Trinajstić information content (AvgIpc) is 2.70. The highest BCUT2D eigenvalue weighted by atomic mass is 16.1. The standard InChI is InChI=1S/C12H19N3O/c1-11(2)4-3-5-12(16)14-7-9-15-8-6-13-10-15/h6,8,10H,1,3-5,7,9H2,2H3,(H,14,16). The molecule has 1 heterocycles. The van der Waals surface area contributed by atoms with Crippen molar-refractivity contribution < 1.29 is 4.79 Å². The number of carbonyl (C=O) groups is 1. The van der Waals surface area contributed by atoms with Crippen LogP contribution in [-0.2, 0) is 11.3 Å². The summed E-state index contributed by atoms with van der Waals surface area (Å²) in [5.74, 6) is 0.112. The van der Waals surface area contributed by atoms with Gasteiger partial charge >= 0.3 is 0 Å². The molecule has 0 aliphatic rings. The summed E-state index contributed by atoms with van der Waals surface area (Å²) in [6, 6.07) is 0. The first kappa shape index (κ1) is 12.5. The van der Waals surface area contributed by atoms with Crippen molar-refractivity contribution >= 4 is 5.91 Å². The molecule has 0 saturated heterocycles. The molecule has 0 unspecified atom stereocenters. The van der Waals surface area contributed by atoms with Gasteiger partial charge in [-0.05, 0) is 19.8 Å². The Kier molecular flexibility index (Phi) is 5.32. The van der Waals surface area contributed by atoms with Gasteiger partial charge in [-0.15, -0.1) is 6.58 Å². The molecular formula is C12H19N3O.